The standard InChI is InChI=1S/C20H18N2O2S/c23-19(11-15-5-2-1-3-6-15)21-13-20(24)22-18-8-4-7-16(12-18)17-9-10-25-14-17/h1-10,12,14H,11,13H2,(H,21,23)(H,22,24). The largest absolute Gasteiger partial charge is 0.347 e. The first-order valence-electron chi connectivity index (χ1n) is 7.94. The SMILES string of the molecule is O=C(Cc1ccccc1)NCC(=O)Nc1cccc(-c2ccsc2)c1. The number of thiophene rings is 1. The topological polar surface area (TPSA) is 58.2 Å². The summed E-state index contributed by atoms with van der Waals surface area (Å²) in [4.78, 5) is 23.9. The molecule has 0 aliphatic heterocycles. The van der Waals surface area contributed by atoms with Crippen molar-refractivity contribution in [2.75, 3.05) is 11.9 Å². The highest BCUT2D eigenvalue weighted by Gasteiger charge is 2.07. The molecule has 2 N–H and O–H groups in total. The molecular weight excluding hydrogens is 332 g/mol. The van der Waals surface area contributed by atoms with Gasteiger partial charge in [0.15, 0.2) is 0 Å². The summed E-state index contributed by atoms with van der Waals surface area (Å²) in [5, 5.41) is 9.53. The van der Waals surface area contributed by atoms with Crippen LogP contribution in [-0.4, -0.2) is 18.4 Å². The van der Waals surface area contributed by atoms with Crippen molar-refractivity contribution in [1.82, 2.24) is 5.32 Å². The summed E-state index contributed by atoms with van der Waals surface area (Å²) in [7, 11) is 0. The van der Waals surface area contributed by atoms with Crippen molar-refractivity contribution in [3.63, 3.8) is 0 Å². The molecular formula is C20H18N2O2S. The molecule has 0 saturated carbocycles. The fraction of sp³-hybridized carbons (Fsp3) is 0.100. The number of anilines is 1. The van der Waals surface area contributed by atoms with Gasteiger partial charge in [0.05, 0.1) is 13.0 Å². The fourth-order valence-electron chi connectivity index (χ4n) is 2.43. The Hall–Kier alpha value is -2.92. The summed E-state index contributed by atoms with van der Waals surface area (Å²) in [6, 6.07) is 19.1. The van der Waals surface area contributed by atoms with Crippen LogP contribution in [0, 0.1) is 0 Å². The molecule has 0 unspecified atom stereocenters. The van der Waals surface area contributed by atoms with Crippen molar-refractivity contribution in [3.05, 3.63) is 77.0 Å². The average Bonchev–Trinajstić information content (AvgIpc) is 3.16. The Morgan fingerprint density at radius 3 is 2.48 bits per heavy atom. The minimum atomic E-state index is -0.246. The smallest absolute Gasteiger partial charge is 0.243 e. The van der Waals surface area contributed by atoms with E-state index in [9.17, 15) is 9.59 Å². The molecule has 3 aromatic rings. The zero-order chi connectivity index (χ0) is 17.5. The Morgan fingerprint density at radius 2 is 1.72 bits per heavy atom. The van der Waals surface area contributed by atoms with E-state index in [0.29, 0.717) is 5.69 Å². The van der Waals surface area contributed by atoms with Crippen molar-refractivity contribution in [2.45, 2.75) is 6.42 Å². The lowest BCUT2D eigenvalue weighted by atomic mass is 10.1. The van der Waals surface area contributed by atoms with Gasteiger partial charge in [-0.25, -0.2) is 0 Å². The molecule has 1 aromatic heterocycles. The molecule has 4 nitrogen and oxygen atoms in total. The number of hydrogen-bond donors (Lipinski definition) is 2. The van der Waals surface area contributed by atoms with Crippen molar-refractivity contribution >= 4 is 28.8 Å². The average molecular weight is 350 g/mol. The second-order valence-corrected chi connectivity index (χ2v) is 6.36. The fourth-order valence-corrected chi connectivity index (χ4v) is 3.10. The van der Waals surface area contributed by atoms with Crippen molar-refractivity contribution in [2.24, 2.45) is 0 Å². The zero-order valence-corrected chi connectivity index (χ0v) is 14.4. The predicted octanol–water partition coefficient (Wildman–Crippen LogP) is 3.71. The van der Waals surface area contributed by atoms with E-state index in [2.05, 4.69) is 16.0 Å². The van der Waals surface area contributed by atoms with Gasteiger partial charge in [-0.1, -0.05) is 42.5 Å². The number of nitrogens with one attached hydrogen (secondary N) is 2. The molecule has 0 saturated heterocycles. The molecule has 2 amide bonds. The molecule has 0 radical (unpaired) electrons. The number of benzene rings is 2. The quantitative estimate of drug-likeness (QED) is 0.712. The summed E-state index contributed by atoms with van der Waals surface area (Å²) in [5.74, 6) is -0.419. The maximum absolute atomic E-state index is 12.0. The summed E-state index contributed by atoms with van der Waals surface area (Å²) in [6.07, 6.45) is 0.266. The first-order chi connectivity index (χ1) is 12.2. The third-order valence-corrected chi connectivity index (χ3v) is 4.34. The molecule has 1 heterocycles. The van der Waals surface area contributed by atoms with Gasteiger partial charge in [0.1, 0.15) is 0 Å². The number of rotatable bonds is 6. The van der Waals surface area contributed by atoms with Crippen LogP contribution in [0.2, 0.25) is 0 Å². The van der Waals surface area contributed by atoms with Gasteiger partial charge in [-0.2, -0.15) is 11.3 Å². The van der Waals surface area contributed by atoms with Crippen LogP contribution in [0.1, 0.15) is 5.56 Å². The van der Waals surface area contributed by atoms with Gasteiger partial charge in [0.25, 0.3) is 0 Å². The van der Waals surface area contributed by atoms with Crippen LogP contribution in [0.15, 0.2) is 71.4 Å². The van der Waals surface area contributed by atoms with E-state index in [4.69, 9.17) is 0 Å². The lowest BCUT2D eigenvalue weighted by Gasteiger charge is -2.08. The molecule has 0 bridgehead atoms. The Bertz CT molecular complexity index is 845. The van der Waals surface area contributed by atoms with Crippen molar-refractivity contribution in [3.8, 4) is 11.1 Å². The van der Waals surface area contributed by atoms with Crippen LogP contribution in [0.3, 0.4) is 0 Å². The highest BCUT2D eigenvalue weighted by atomic mass is 32.1. The lowest BCUT2D eigenvalue weighted by Crippen LogP contribution is -2.33. The van der Waals surface area contributed by atoms with Crippen LogP contribution in [-0.2, 0) is 16.0 Å². The van der Waals surface area contributed by atoms with E-state index in [0.717, 1.165) is 16.7 Å². The van der Waals surface area contributed by atoms with Crippen LogP contribution in [0.4, 0.5) is 5.69 Å². The number of carbonyl (C=O) groups excluding carboxylic acids is 2. The first-order valence-corrected chi connectivity index (χ1v) is 8.88. The normalized spacial score (nSPS) is 10.2. The first kappa shape index (κ1) is 16.9. The molecule has 0 atom stereocenters. The minimum absolute atomic E-state index is 0.0473. The summed E-state index contributed by atoms with van der Waals surface area (Å²) < 4.78 is 0. The Labute approximate surface area is 150 Å². The van der Waals surface area contributed by atoms with Gasteiger partial charge in [-0.15, -0.1) is 0 Å². The second-order valence-electron chi connectivity index (χ2n) is 5.58. The Kier molecular flexibility index (Phi) is 5.59. The predicted molar refractivity (Wildman–Crippen MR) is 102 cm³/mol. The second kappa shape index (κ2) is 8.26. The van der Waals surface area contributed by atoms with Crippen LogP contribution in [0.25, 0.3) is 11.1 Å². The molecule has 0 spiro atoms. The molecule has 0 aliphatic rings. The molecule has 25 heavy (non-hydrogen) atoms. The lowest BCUT2D eigenvalue weighted by molar-refractivity contribution is -0.123. The minimum Gasteiger partial charge on any atom is -0.347 e. The van der Waals surface area contributed by atoms with E-state index in [-0.39, 0.29) is 24.8 Å². The zero-order valence-electron chi connectivity index (χ0n) is 13.6. The highest BCUT2D eigenvalue weighted by Crippen LogP contribution is 2.24. The van der Waals surface area contributed by atoms with Gasteiger partial charge < -0.3 is 10.6 Å². The molecule has 0 fully saturated rings. The maximum atomic E-state index is 12.0. The molecule has 0 aliphatic carbocycles. The Balaban J connectivity index is 1.51. The van der Waals surface area contributed by atoms with Gasteiger partial charge in [0.2, 0.25) is 11.8 Å². The number of amides is 2. The van der Waals surface area contributed by atoms with Gasteiger partial charge >= 0.3 is 0 Å². The van der Waals surface area contributed by atoms with Gasteiger partial charge in [0, 0.05) is 5.69 Å². The van der Waals surface area contributed by atoms with E-state index >= 15 is 0 Å². The maximum Gasteiger partial charge on any atom is 0.243 e. The molecule has 3 rings (SSSR count). The van der Waals surface area contributed by atoms with Crippen LogP contribution in [0.5, 0.6) is 0 Å². The third kappa shape index (κ3) is 5.02. The summed E-state index contributed by atoms with van der Waals surface area (Å²) in [5.41, 5.74) is 3.80. The molecule has 2 aromatic carbocycles. The van der Waals surface area contributed by atoms with E-state index < -0.39 is 0 Å². The van der Waals surface area contributed by atoms with E-state index in [1.165, 1.54) is 0 Å². The van der Waals surface area contributed by atoms with E-state index in [1.807, 2.05) is 66.0 Å². The number of carbonyl (C=O) groups is 2. The Morgan fingerprint density at radius 1 is 0.880 bits per heavy atom. The van der Waals surface area contributed by atoms with Crippen molar-refractivity contribution in [1.29, 1.82) is 0 Å². The highest BCUT2D eigenvalue weighted by molar-refractivity contribution is 7.08. The van der Waals surface area contributed by atoms with Crippen LogP contribution < -0.4 is 10.6 Å². The van der Waals surface area contributed by atoms with Gasteiger partial charge in [-0.3, -0.25) is 9.59 Å². The van der Waals surface area contributed by atoms with E-state index in [1.54, 1.807) is 11.3 Å². The summed E-state index contributed by atoms with van der Waals surface area (Å²) in [6.45, 7) is -0.0473. The third-order valence-electron chi connectivity index (χ3n) is 3.65. The molecule has 5 heteroatoms. The number of hydrogen-bond acceptors (Lipinski definition) is 3. The molecule has 126 valence electrons. The van der Waals surface area contributed by atoms with Crippen LogP contribution >= 0.6 is 11.3 Å². The monoisotopic (exact) mass is 350 g/mol. The van der Waals surface area contributed by atoms with Crippen molar-refractivity contribution < 1.29 is 9.59 Å². The summed E-state index contributed by atoms with van der Waals surface area (Å²) >= 11 is 1.63. The van der Waals surface area contributed by atoms with Gasteiger partial charge in [-0.05, 0) is 45.6 Å².